The van der Waals surface area contributed by atoms with E-state index in [1.54, 1.807) is 7.11 Å². The SMILES string of the molecule is COC1(CCCl)CCC1. The number of rotatable bonds is 3. The third-order valence-corrected chi connectivity index (χ3v) is 2.44. The molecule has 0 amide bonds. The molecular weight excluding hydrogens is 136 g/mol. The molecule has 1 fully saturated rings. The van der Waals surface area contributed by atoms with Crippen LogP contribution in [0.25, 0.3) is 0 Å². The number of methoxy groups -OCH3 is 1. The fraction of sp³-hybridized carbons (Fsp3) is 1.00. The van der Waals surface area contributed by atoms with Gasteiger partial charge in [0.05, 0.1) is 5.60 Å². The Morgan fingerprint density at radius 3 is 2.33 bits per heavy atom. The number of ether oxygens (including phenoxy) is 1. The Morgan fingerprint density at radius 2 is 2.22 bits per heavy atom. The maximum atomic E-state index is 5.60. The first-order valence-corrected chi connectivity index (χ1v) is 3.97. The third-order valence-electron chi connectivity index (χ3n) is 2.25. The molecule has 1 aliphatic carbocycles. The molecule has 0 radical (unpaired) electrons. The molecule has 9 heavy (non-hydrogen) atoms. The van der Waals surface area contributed by atoms with Gasteiger partial charge in [0.25, 0.3) is 0 Å². The van der Waals surface area contributed by atoms with Gasteiger partial charge in [-0.3, -0.25) is 0 Å². The predicted octanol–water partition coefficient (Wildman–Crippen LogP) is 2.18. The van der Waals surface area contributed by atoms with Crippen molar-refractivity contribution in [3.8, 4) is 0 Å². The van der Waals surface area contributed by atoms with Gasteiger partial charge in [0.15, 0.2) is 0 Å². The fourth-order valence-electron chi connectivity index (χ4n) is 1.30. The lowest BCUT2D eigenvalue weighted by molar-refractivity contribution is -0.0732. The molecule has 0 aromatic heterocycles. The maximum Gasteiger partial charge on any atom is 0.0690 e. The molecule has 0 aliphatic heterocycles. The third kappa shape index (κ3) is 1.39. The summed E-state index contributed by atoms with van der Waals surface area (Å²) in [5.74, 6) is 0.730. The summed E-state index contributed by atoms with van der Waals surface area (Å²) in [7, 11) is 1.78. The monoisotopic (exact) mass is 148 g/mol. The molecule has 0 spiro atoms. The largest absolute Gasteiger partial charge is 0.378 e. The van der Waals surface area contributed by atoms with Crippen molar-refractivity contribution in [2.45, 2.75) is 31.3 Å². The van der Waals surface area contributed by atoms with Crippen LogP contribution in [-0.2, 0) is 4.74 Å². The second kappa shape index (κ2) is 2.89. The van der Waals surface area contributed by atoms with Crippen molar-refractivity contribution in [3.05, 3.63) is 0 Å². The van der Waals surface area contributed by atoms with Gasteiger partial charge in [0.1, 0.15) is 0 Å². The Balaban J connectivity index is 2.28. The lowest BCUT2D eigenvalue weighted by Gasteiger charge is -2.40. The van der Waals surface area contributed by atoms with Crippen LogP contribution in [0, 0.1) is 0 Å². The van der Waals surface area contributed by atoms with Crippen LogP contribution in [0.2, 0.25) is 0 Å². The van der Waals surface area contributed by atoms with Crippen LogP contribution in [-0.4, -0.2) is 18.6 Å². The standard InChI is InChI=1S/C7H13ClO/c1-9-7(5-6-8)3-2-4-7/h2-6H2,1H3. The lowest BCUT2D eigenvalue weighted by atomic mass is 9.78. The highest BCUT2D eigenvalue weighted by molar-refractivity contribution is 6.17. The smallest absolute Gasteiger partial charge is 0.0690 e. The van der Waals surface area contributed by atoms with E-state index < -0.39 is 0 Å². The number of hydrogen-bond acceptors (Lipinski definition) is 1. The minimum Gasteiger partial charge on any atom is -0.378 e. The molecular formula is C7H13ClO. The zero-order valence-corrected chi connectivity index (χ0v) is 6.58. The van der Waals surface area contributed by atoms with Crippen molar-refractivity contribution in [2.75, 3.05) is 13.0 Å². The van der Waals surface area contributed by atoms with Gasteiger partial charge in [0, 0.05) is 13.0 Å². The van der Waals surface area contributed by atoms with E-state index in [2.05, 4.69) is 0 Å². The molecule has 0 atom stereocenters. The van der Waals surface area contributed by atoms with E-state index in [9.17, 15) is 0 Å². The van der Waals surface area contributed by atoms with E-state index in [0.29, 0.717) is 0 Å². The lowest BCUT2D eigenvalue weighted by Crippen LogP contribution is -2.39. The molecule has 1 saturated carbocycles. The van der Waals surface area contributed by atoms with Crippen molar-refractivity contribution in [3.63, 3.8) is 0 Å². The summed E-state index contributed by atoms with van der Waals surface area (Å²) >= 11 is 5.60. The topological polar surface area (TPSA) is 9.23 Å². The number of halogens is 1. The van der Waals surface area contributed by atoms with Crippen molar-refractivity contribution < 1.29 is 4.74 Å². The first-order chi connectivity index (χ1) is 4.33. The van der Waals surface area contributed by atoms with Crippen LogP contribution in [0.5, 0.6) is 0 Å². The summed E-state index contributed by atoms with van der Waals surface area (Å²) in [5, 5.41) is 0. The van der Waals surface area contributed by atoms with Gasteiger partial charge in [-0.05, 0) is 25.7 Å². The maximum absolute atomic E-state index is 5.60. The highest BCUT2D eigenvalue weighted by Gasteiger charge is 2.35. The molecule has 0 N–H and O–H groups in total. The predicted molar refractivity (Wildman–Crippen MR) is 38.9 cm³/mol. The first-order valence-electron chi connectivity index (χ1n) is 3.44. The fourth-order valence-corrected chi connectivity index (χ4v) is 1.64. The van der Waals surface area contributed by atoms with Gasteiger partial charge in [-0.1, -0.05) is 0 Å². The van der Waals surface area contributed by atoms with E-state index in [1.165, 1.54) is 19.3 Å². The Kier molecular flexibility index (Phi) is 2.36. The average Bonchev–Trinajstić information content (AvgIpc) is 1.79. The van der Waals surface area contributed by atoms with Gasteiger partial charge in [-0.25, -0.2) is 0 Å². The van der Waals surface area contributed by atoms with Gasteiger partial charge in [0.2, 0.25) is 0 Å². The quantitative estimate of drug-likeness (QED) is 0.558. The van der Waals surface area contributed by atoms with Crippen LogP contribution in [0.3, 0.4) is 0 Å². The first kappa shape index (κ1) is 7.36. The molecule has 1 rings (SSSR count). The summed E-state index contributed by atoms with van der Waals surface area (Å²) in [5.41, 5.74) is 0.182. The molecule has 1 nitrogen and oxygen atoms in total. The van der Waals surface area contributed by atoms with Crippen LogP contribution < -0.4 is 0 Å². The van der Waals surface area contributed by atoms with E-state index in [-0.39, 0.29) is 5.60 Å². The van der Waals surface area contributed by atoms with E-state index in [1.807, 2.05) is 0 Å². The highest BCUT2D eigenvalue weighted by Crippen LogP contribution is 2.37. The normalized spacial score (nSPS) is 23.3. The number of hydrogen-bond donors (Lipinski definition) is 0. The van der Waals surface area contributed by atoms with Crippen LogP contribution in [0.4, 0.5) is 0 Å². The van der Waals surface area contributed by atoms with Crippen LogP contribution in [0.15, 0.2) is 0 Å². The summed E-state index contributed by atoms with van der Waals surface area (Å²) in [4.78, 5) is 0. The Morgan fingerprint density at radius 1 is 1.56 bits per heavy atom. The molecule has 0 unspecified atom stereocenters. The molecule has 54 valence electrons. The highest BCUT2D eigenvalue weighted by atomic mass is 35.5. The van der Waals surface area contributed by atoms with E-state index in [0.717, 1.165) is 12.3 Å². The molecule has 1 aliphatic rings. The zero-order valence-electron chi connectivity index (χ0n) is 5.82. The van der Waals surface area contributed by atoms with E-state index in [4.69, 9.17) is 16.3 Å². The minimum absolute atomic E-state index is 0.182. The Hall–Kier alpha value is 0.250. The second-order valence-corrected chi connectivity index (χ2v) is 3.06. The summed E-state index contributed by atoms with van der Waals surface area (Å²) < 4.78 is 5.33. The van der Waals surface area contributed by atoms with E-state index >= 15 is 0 Å². The van der Waals surface area contributed by atoms with Crippen LogP contribution >= 0.6 is 11.6 Å². The molecule has 2 heteroatoms. The molecule has 0 aromatic rings. The minimum atomic E-state index is 0.182. The number of alkyl halides is 1. The van der Waals surface area contributed by atoms with Crippen molar-refractivity contribution in [1.82, 2.24) is 0 Å². The summed E-state index contributed by atoms with van der Waals surface area (Å²) in [6.45, 7) is 0. The Labute approximate surface area is 61.3 Å². The van der Waals surface area contributed by atoms with Crippen LogP contribution in [0.1, 0.15) is 25.7 Å². The summed E-state index contributed by atoms with van der Waals surface area (Å²) in [6.07, 6.45) is 4.74. The molecule has 0 saturated heterocycles. The van der Waals surface area contributed by atoms with Gasteiger partial charge >= 0.3 is 0 Å². The van der Waals surface area contributed by atoms with Gasteiger partial charge < -0.3 is 4.74 Å². The molecule has 0 bridgehead atoms. The van der Waals surface area contributed by atoms with Gasteiger partial charge in [-0.2, -0.15) is 0 Å². The zero-order chi connectivity index (χ0) is 6.74. The average molecular weight is 149 g/mol. The molecule has 0 heterocycles. The van der Waals surface area contributed by atoms with Crippen molar-refractivity contribution in [1.29, 1.82) is 0 Å². The van der Waals surface area contributed by atoms with Crippen molar-refractivity contribution >= 4 is 11.6 Å². The second-order valence-electron chi connectivity index (χ2n) is 2.68. The van der Waals surface area contributed by atoms with Gasteiger partial charge in [-0.15, -0.1) is 11.6 Å². The summed E-state index contributed by atoms with van der Waals surface area (Å²) in [6, 6.07) is 0. The van der Waals surface area contributed by atoms with Crippen molar-refractivity contribution in [2.24, 2.45) is 0 Å². The molecule has 0 aromatic carbocycles. The Bertz CT molecular complexity index is 83.4.